The summed E-state index contributed by atoms with van der Waals surface area (Å²) in [6.45, 7) is 0.815. The fourth-order valence-electron chi connectivity index (χ4n) is 2.22. The number of nitrogens with zero attached hydrogens (tertiary/aromatic N) is 4. The molecule has 0 saturated carbocycles. The van der Waals surface area contributed by atoms with E-state index in [2.05, 4.69) is 25.8 Å². The zero-order chi connectivity index (χ0) is 16.1. The topological polar surface area (TPSA) is 66.6 Å². The molecule has 126 valence electrons. The van der Waals surface area contributed by atoms with E-state index >= 15 is 0 Å². The van der Waals surface area contributed by atoms with Crippen molar-refractivity contribution in [2.24, 2.45) is 4.99 Å². The molecule has 8 heteroatoms. The van der Waals surface area contributed by atoms with Crippen LogP contribution in [0.4, 0.5) is 4.39 Å². The highest BCUT2D eigenvalue weighted by atomic mass is 127. The minimum absolute atomic E-state index is 0. The first-order chi connectivity index (χ1) is 11.3. The first-order valence-electron chi connectivity index (χ1n) is 7.24. The summed E-state index contributed by atoms with van der Waals surface area (Å²) in [7, 11) is 1.67. The van der Waals surface area contributed by atoms with Gasteiger partial charge in [-0.1, -0.05) is 24.3 Å². The summed E-state index contributed by atoms with van der Waals surface area (Å²) in [5, 5.41) is 14.5. The number of pyridine rings is 1. The predicted octanol–water partition coefficient (Wildman–Crippen LogP) is 2.35. The Labute approximate surface area is 156 Å². The molecule has 0 aliphatic rings. The SMILES string of the molecule is CN=C(NCc1ccccc1F)NCc1nnc2ccccn12.I. The quantitative estimate of drug-likeness (QED) is 0.372. The van der Waals surface area contributed by atoms with E-state index in [1.165, 1.54) is 6.07 Å². The van der Waals surface area contributed by atoms with Crippen LogP contribution < -0.4 is 10.6 Å². The fraction of sp³-hybridized carbons (Fsp3) is 0.188. The van der Waals surface area contributed by atoms with Crippen LogP contribution in [0.1, 0.15) is 11.4 Å². The normalized spacial score (nSPS) is 11.2. The molecule has 0 fully saturated rings. The number of benzene rings is 1. The third-order valence-electron chi connectivity index (χ3n) is 3.43. The summed E-state index contributed by atoms with van der Waals surface area (Å²) in [6.07, 6.45) is 1.90. The molecule has 0 bridgehead atoms. The van der Waals surface area contributed by atoms with Gasteiger partial charge in [0, 0.05) is 25.4 Å². The molecule has 2 aromatic heterocycles. The summed E-state index contributed by atoms with van der Waals surface area (Å²) >= 11 is 0. The molecule has 0 aliphatic heterocycles. The van der Waals surface area contributed by atoms with Crippen molar-refractivity contribution in [3.8, 4) is 0 Å². The van der Waals surface area contributed by atoms with E-state index in [1.807, 2.05) is 28.8 Å². The Bertz CT molecular complexity index is 832. The largest absolute Gasteiger partial charge is 0.352 e. The number of nitrogens with one attached hydrogen (secondary N) is 2. The Morgan fingerprint density at radius 3 is 2.62 bits per heavy atom. The Kier molecular flexibility index (Phi) is 6.47. The van der Waals surface area contributed by atoms with E-state index < -0.39 is 0 Å². The number of fused-ring (bicyclic) bond motifs is 1. The van der Waals surface area contributed by atoms with Crippen molar-refractivity contribution in [1.29, 1.82) is 0 Å². The van der Waals surface area contributed by atoms with E-state index in [9.17, 15) is 4.39 Å². The molecule has 0 atom stereocenters. The standard InChI is InChI=1S/C16H17FN6.HI/c1-18-16(19-10-12-6-2-3-7-13(12)17)20-11-15-22-21-14-8-4-5-9-23(14)15;/h2-9H,10-11H2,1H3,(H2,18,19,20);1H. The molecule has 0 amide bonds. The predicted molar refractivity (Wildman–Crippen MR) is 102 cm³/mol. The number of guanidine groups is 1. The van der Waals surface area contributed by atoms with Crippen molar-refractivity contribution in [2.45, 2.75) is 13.1 Å². The van der Waals surface area contributed by atoms with Gasteiger partial charge in [0.1, 0.15) is 5.82 Å². The minimum atomic E-state index is -0.237. The molecule has 2 N–H and O–H groups in total. The lowest BCUT2D eigenvalue weighted by Crippen LogP contribution is -2.36. The van der Waals surface area contributed by atoms with Crippen LogP contribution in [0.25, 0.3) is 5.65 Å². The zero-order valence-corrected chi connectivity index (χ0v) is 15.4. The Balaban J connectivity index is 0.00000208. The number of halogens is 2. The van der Waals surface area contributed by atoms with Gasteiger partial charge in [-0.15, -0.1) is 34.2 Å². The molecule has 0 aliphatic carbocycles. The molecule has 6 nitrogen and oxygen atoms in total. The summed E-state index contributed by atoms with van der Waals surface area (Å²) < 4.78 is 15.5. The van der Waals surface area contributed by atoms with Gasteiger partial charge in [-0.05, 0) is 18.2 Å². The average Bonchev–Trinajstić information content (AvgIpc) is 3.00. The average molecular weight is 440 g/mol. The van der Waals surface area contributed by atoms with Crippen LogP contribution in [0.3, 0.4) is 0 Å². The van der Waals surface area contributed by atoms with E-state index in [0.29, 0.717) is 24.6 Å². The number of aliphatic imine (C=N–C) groups is 1. The summed E-state index contributed by atoms with van der Waals surface area (Å²) in [5.41, 5.74) is 1.38. The molecule has 3 rings (SSSR count). The first kappa shape index (κ1) is 18.1. The molecule has 3 aromatic rings. The van der Waals surface area contributed by atoms with Gasteiger partial charge in [0.05, 0.1) is 6.54 Å². The van der Waals surface area contributed by atoms with Gasteiger partial charge in [0.15, 0.2) is 17.4 Å². The molecule has 1 aromatic carbocycles. The number of hydrogen-bond donors (Lipinski definition) is 2. The van der Waals surface area contributed by atoms with E-state index in [0.717, 1.165) is 11.5 Å². The maximum atomic E-state index is 13.6. The Morgan fingerprint density at radius 1 is 1.08 bits per heavy atom. The van der Waals surface area contributed by atoms with Crippen molar-refractivity contribution in [3.05, 3.63) is 65.9 Å². The van der Waals surface area contributed by atoms with Gasteiger partial charge in [-0.25, -0.2) is 4.39 Å². The van der Waals surface area contributed by atoms with Gasteiger partial charge in [-0.3, -0.25) is 9.39 Å². The number of aromatic nitrogens is 3. The van der Waals surface area contributed by atoms with Crippen LogP contribution in [0.2, 0.25) is 0 Å². The Morgan fingerprint density at radius 2 is 1.83 bits per heavy atom. The van der Waals surface area contributed by atoms with Crippen molar-refractivity contribution in [1.82, 2.24) is 25.2 Å². The third-order valence-corrected chi connectivity index (χ3v) is 3.43. The van der Waals surface area contributed by atoms with Crippen molar-refractivity contribution >= 4 is 35.6 Å². The number of hydrogen-bond acceptors (Lipinski definition) is 3. The van der Waals surface area contributed by atoms with E-state index in [-0.39, 0.29) is 29.8 Å². The van der Waals surface area contributed by atoms with Gasteiger partial charge >= 0.3 is 0 Å². The first-order valence-corrected chi connectivity index (χ1v) is 7.24. The lowest BCUT2D eigenvalue weighted by atomic mass is 10.2. The molecule has 24 heavy (non-hydrogen) atoms. The van der Waals surface area contributed by atoms with Crippen LogP contribution in [0.5, 0.6) is 0 Å². The van der Waals surface area contributed by atoms with Gasteiger partial charge in [-0.2, -0.15) is 0 Å². The van der Waals surface area contributed by atoms with Crippen LogP contribution >= 0.6 is 24.0 Å². The lowest BCUT2D eigenvalue weighted by Gasteiger charge is -2.11. The highest BCUT2D eigenvalue weighted by Crippen LogP contribution is 2.05. The van der Waals surface area contributed by atoms with Crippen LogP contribution in [-0.2, 0) is 13.1 Å². The maximum absolute atomic E-state index is 13.6. The fourth-order valence-corrected chi connectivity index (χ4v) is 2.22. The molecule has 0 spiro atoms. The monoisotopic (exact) mass is 440 g/mol. The summed E-state index contributed by atoms with van der Waals surface area (Å²) in [4.78, 5) is 4.13. The molecule has 0 radical (unpaired) electrons. The van der Waals surface area contributed by atoms with Crippen LogP contribution in [0, 0.1) is 5.82 Å². The van der Waals surface area contributed by atoms with Crippen molar-refractivity contribution in [2.75, 3.05) is 7.05 Å². The number of rotatable bonds is 4. The smallest absolute Gasteiger partial charge is 0.191 e. The highest BCUT2D eigenvalue weighted by Gasteiger charge is 2.06. The second kappa shape index (κ2) is 8.57. The lowest BCUT2D eigenvalue weighted by molar-refractivity contribution is 0.604. The summed E-state index contributed by atoms with van der Waals surface area (Å²) in [5.74, 6) is 1.11. The minimum Gasteiger partial charge on any atom is -0.352 e. The second-order valence-corrected chi connectivity index (χ2v) is 4.92. The highest BCUT2D eigenvalue weighted by molar-refractivity contribution is 14.0. The van der Waals surface area contributed by atoms with Gasteiger partial charge in [0.2, 0.25) is 0 Å². The van der Waals surface area contributed by atoms with Gasteiger partial charge < -0.3 is 10.6 Å². The summed E-state index contributed by atoms with van der Waals surface area (Å²) in [6, 6.07) is 12.4. The molecule has 2 heterocycles. The van der Waals surface area contributed by atoms with Crippen LogP contribution in [-0.4, -0.2) is 27.6 Å². The second-order valence-electron chi connectivity index (χ2n) is 4.92. The van der Waals surface area contributed by atoms with Gasteiger partial charge in [0.25, 0.3) is 0 Å². The van der Waals surface area contributed by atoms with E-state index in [1.54, 1.807) is 25.2 Å². The van der Waals surface area contributed by atoms with Crippen molar-refractivity contribution < 1.29 is 4.39 Å². The third kappa shape index (κ3) is 4.19. The van der Waals surface area contributed by atoms with Crippen LogP contribution in [0.15, 0.2) is 53.7 Å². The zero-order valence-electron chi connectivity index (χ0n) is 13.1. The molecular weight excluding hydrogens is 422 g/mol. The maximum Gasteiger partial charge on any atom is 0.191 e. The van der Waals surface area contributed by atoms with Crippen molar-refractivity contribution in [3.63, 3.8) is 0 Å². The van der Waals surface area contributed by atoms with E-state index in [4.69, 9.17) is 0 Å². The Hall–Kier alpha value is -2.23. The molecule has 0 unspecified atom stereocenters. The molecular formula is C16H18FIN6. The molecule has 0 saturated heterocycles.